The van der Waals surface area contributed by atoms with E-state index in [0.717, 1.165) is 15.0 Å². The van der Waals surface area contributed by atoms with Crippen LogP contribution in [0.2, 0.25) is 0 Å². The van der Waals surface area contributed by atoms with Crippen molar-refractivity contribution in [3.8, 4) is 0 Å². The number of carbonyl (C=O) groups excluding carboxylic acids is 2. The maximum Gasteiger partial charge on any atom is 0.244 e. The van der Waals surface area contributed by atoms with Crippen LogP contribution in [0.15, 0.2) is 53.0 Å². The van der Waals surface area contributed by atoms with Gasteiger partial charge in [-0.05, 0) is 43.7 Å². The molecule has 1 N–H and O–H groups in total. The van der Waals surface area contributed by atoms with Crippen molar-refractivity contribution >= 4 is 43.5 Å². The van der Waals surface area contributed by atoms with E-state index in [4.69, 9.17) is 0 Å². The van der Waals surface area contributed by atoms with Crippen molar-refractivity contribution in [2.45, 2.75) is 32.9 Å². The molecular weight excluding hydrogens is 501 g/mol. The number of nitrogens with zero attached hydrogens (tertiary/aromatic N) is 2. The van der Waals surface area contributed by atoms with Gasteiger partial charge in [0.05, 0.1) is 11.9 Å². The Bertz CT molecular complexity index is 1050. The summed E-state index contributed by atoms with van der Waals surface area (Å²) < 4.78 is 40.9. The fourth-order valence-corrected chi connectivity index (χ4v) is 4.12. The highest BCUT2D eigenvalue weighted by molar-refractivity contribution is 9.10. The molecule has 0 saturated carbocycles. The number of hydrogen-bond acceptors (Lipinski definition) is 4. The van der Waals surface area contributed by atoms with E-state index in [1.54, 1.807) is 30.3 Å². The van der Waals surface area contributed by atoms with Gasteiger partial charge in [-0.15, -0.1) is 0 Å². The lowest BCUT2D eigenvalue weighted by Crippen LogP contribution is -2.51. The Morgan fingerprint density at radius 2 is 1.75 bits per heavy atom. The number of rotatable bonds is 10. The molecule has 1 atom stereocenters. The number of anilines is 1. The minimum atomic E-state index is -3.80. The average molecular weight is 528 g/mol. The molecule has 2 aromatic carbocycles. The number of sulfonamides is 1. The van der Waals surface area contributed by atoms with Crippen molar-refractivity contribution in [1.82, 2.24) is 10.2 Å². The third-order valence-electron chi connectivity index (χ3n) is 4.81. The number of halogens is 2. The molecule has 0 radical (unpaired) electrons. The molecule has 7 nitrogen and oxygen atoms in total. The minimum Gasteiger partial charge on any atom is -0.354 e. The third kappa shape index (κ3) is 7.03. The van der Waals surface area contributed by atoms with Gasteiger partial charge in [0.15, 0.2) is 0 Å². The first-order chi connectivity index (χ1) is 15.0. The SMILES string of the molecule is CCCNC(=O)C(C)N(Cc1ccccc1F)C(=O)CN(c1ccc(Br)cc1)S(C)(=O)=O. The molecule has 0 saturated heterocycles. The molecule has 0 aliphatic heterocycles. The van der Waals surface area contributed by atoms with E-state index in [1.807, 2.05) is 6.92 Å². The molecule has 32 heavy (non-hydrogen) atoms. The van der Waals surface area contributed by atoms with Crippen LogP contribution in [-0.4, -0.2) is 50.5 Å². The second kappa shape index (κ2) is 11.4. The van der Waals surface area contributed by atoms with Crippen molar-refractivity contribution in [2.24, 2.45) is 0 Å². The van der Waals surface area contributed by atoms with Crippen LogP contribution < -0.4 is 9.62 Å². The van der Waals surface area contributed by atoms with Crippen molar-refractivity contribution in [3.63, 3.8) is 0 Å². The predicted octanol–water partition coefficient (Wildman–Crippen LogP) is 3.30. The lowest BCUT2D eigenvalue weighted by molar-refractivity contribution is -0.139. The number of hydrogen-bond donors (Lipinski definition) is 1. The quantitative estimate of drug-likeness (QED) is 0.513. The summed E-state index contributed by atoms with van der Waals surface area (Å²) in [6.45, 7) is 3.16. The third-order valence-corrected chi connectivity index (χ3v) is 6.48. The summed E-state index contributed by atoms with van der Waals surface area (Å²) in [6, 6.07) is 11.5. The summed E-state index contributed by atoms with van der Waals surface area (Å²) in [7, 11) is -3.80. The van der Waals surface area contributed by atoms with Crippen molar-refractivity contribution in [3.05, 3.63) is 64.4 Å². The van der Waals surface area contributed by atoms with Gasteiger partial charge in [-0.25, -0.2) is 12.8 Å². The molecule has 2 amide bonds. The molecule has 0 aromatic heterocycles. The van der Waals surface area contributed by atoms with Gasteiger partial charge >= 0.3 is 0 Å². The monoisotopic (exact) mass is 527 g/mol. The molecule has 2 rings (SSSR count). The average Bonchev–Trinajstić information content (AvgIpc) is 2.74. The minimum absolute atomic E-state index is 0.176. The fraction of sp³-hybridized carbons (Fsp3) is 0.364. The second-order valence-electron chi connectivity index (χ2n) is 7.33. The van der Waals surface area contributed by atoms with Crippen LogP contribution in [0.1, 0.15) is 25.8 Å². The summed E-state index contributed by atoms with van der Waals surface area (Å²) in [5.41, 5.74) is 0.531. The van der Waals surface area contributed by atoms with E-state index in [1.165, 1.54) is 30.0 Å². The normalized spacial score (nSPS) is 12.2. The summed E-state index contributed by atoms with van der Waals surface area (Å²) in [5.74, 6) is -1.54. The largest absolute Gasteiger partial charge is 0.354 e. The van der Waals surface area contributed by atoms with Crippen LogP contribution in [0.4, 0.5) is 10.1 Å². The molecular formula is C22H27BrFN3O4S. The highest BCUT2D eigenvalue weighted by Crippen LogP contribution is 2.22. The number of amides is 2. The van der Waals surface area contributed by atoms with E-state index in [9.17, 15) is 22.4 Å². The highest BCUT2D eigenvalue weighted by atomic mass is 79.9. The topological polar surface area (TPSA) is 86.8 Å². The Balaban J connectivity index is 2.37. The highest BCUT2D eigenvalue weighted by Gasteiger charge is 2.30. The van der Waals surface area contributed by atoms with Gasteiger partial charge in [0.25, 0.3) is 0 Å². The van der Waals surface area contributed by atoms with Crippen LogP contribution >= 0.6 is 15.9 Å². The summed E-state index contributed by atoms with van der Waals surface area (Å²) >= 11 is 3.30. The summed E-state index contributed by atoms with van der Waals surface area (Å²) in [6.07, 6.45) is 1.71. The van der Waals surface area contributed by atoms with Gasteiger partial charge in [0.1, 0.15) is 18.4 Å². The predicted molar refractivity (Wildman–Crippen MR) is 126 cm³/mol. The zero-order valence-electron chi connectivity index (χ0n) is 18.2. The molecule has 0 aliphatic rings. The van der Waals surface area contributed by atoms with Crippen LogP contribution in [0, 0.1) is 5.82 Å². The van der Waals surface area contributed by atoms with Crippen molar-refractivity contribution in [1.29, 1.82) is 0 Å². The van der Waals surface area contributed by atoms with E-state index in [-0.39, 0.29) is 12.1 Å². The second-order valence-corrected chi connectivity index (χ2v) is 10.1. The lowest BCUT2D eigenvalue weighted by atomic mass is 10.1. The molecule has 0 bridgehead atoms. The van der Waals surface area contributed by atoms with Crippen LogP contribution in [-0.2, 0) is 26.2 Å². The first kappa shape index (κ1) is 25.8. The standard InChI is InChI=1S/C22H27BrFN3O4S/c1-4-13-25-22(29)16(2)26(14-17-7-5-6-8-20(17)24)21(28)15-27(32(3,30)31)19-11-9-18(23)10-12-19/h5-12,16H,4,13-15H2,1-3H3,(H,25,29). The maximum absolute atomic E-state index is 14.3. The zero-order valence-corrected chi connectivity index (χ0v) is 20.6. The van der Waals surface area contributed by atoms with Gasteiger partial charge in [-0.2, -0.15) is 0 Å². The Morgan fingerprint density at radius 3 is 2.31 bits per heavy atom. The summed E-state index contributed by atoms with van der Waals surface area (Å²) in [4.78, 5) is 27.1. The van der Waals surface area contributed by atoms with Gasteiger partial charge in [0.2, 0.25) is 21.8 Å². The molecule has 0 spiro atoms. The zero-order chi connectivity index (χ0) is 23.9. The lowest BCUT2D eigenvalue weighted by Gasteiger charge is -2.31. The van der Waals surface area contributed by atoms with Gasteiger partial charge < -0.3 is 10.2 Å². The smallest absolute Gasteiger partial charge is 0.244 e. The van der Waals surface area contributed by atoms with Gasteiger partial charge in [-0.1, -0.05) is 41.1 Å². The maximum atomic E-state index is 14.3. The molecule has 0 aliphatic carbocycles. The van der Waals surface area contributed by atoms with Crippen LogP contribution in [0.5, 0.6) is 0 Å². The van der Waals surface area contributed by atoms with Gasteiger partial charge in [0, 0.05) is 23.1 Å². The molecule has 0 fully saturated rings. The fourth-order valence-electron chi connectivity index (χ4n) is 3.01. The Labute approximate surface area is 196 Å². The van der Waals surface area contributed by atoms with Crippen molar-refractivity contribution < 1.29 is 22.4 Å². The molecule has 0 heterocycles. The van der Waals surface area contributed by atoms with E-state index in [0.29, 0.717) is 18.7 Å². The molecule has 174 valence electrons. The first-order valence-electron chi connectivity index (χ1n) is 10.1. The Hall–Kier alpha value is -2.46. The molecule has 2 aromatic rings. The number of benzene rings is 2. The first-order valence-corrected chi connectivity index (χ1v) is 12.7. The van der Waals surface area contributed by atoms with Crippen LogP contribution in [0.25, 0.3) is 0 Å². The number of carbonyl (C=O) groups is 2. The van der Waals surface area contributed by atoms with E-state index in [2.05, 4.69) is 21.2 Å². The van der Waals surface area contributed by atoms with E-state index >= 15 is 0 Å². The van der Waals surface area contributed by atoms with E-state index < -0.39 is 40.2 Å². The van der Waals surface area contributed by atoms with Crippen LogP contribution in [0.3, 0.4) is 0 Å². The van der Waals surface area contributed by atoms with Crippen molar-refractivity contribution in [2.75, 3.05) is 23.7 Å². The summed E-state index contributed by atoms with van der Waals surface area (Å²) in [5, 5.41) is 2.73. The van der Waals surface area contributed by atoms with Gasteiger partial charge in [-0.3, -0.25) is 13.9 Å². The molecule has 1 unspecified atom stereocenters. The Kier molecular flexibility index (Phi) is 9.21. The Morgan fingerprint density at radius 1 is 1.12 bits per heavy atom. The molecule has 10 heteroatoms. The number of nitrogens with one attached hydrogen (secondary N) is 1.